The van der Waals surface area contributed by atoms with Crippen molar-refractivity contribution in [1.82, 2.24) is 5.32 Å². The number of carbonyl (C=O) groups is 2. The zero-order valence-electron chi connectivity index (χ0n) is 10.9. The summed E-state index contributed by atoms with van der Waals surface area (Å²) in [4.78, 5) is 23.6. The molecule has 0 aliphatic heterocycles. The summed E-state index contributed by atoms with van der Waals surface area (Å²) in [7, 11) is 0. The van der Waals surface area contributed by atoms with Crippen molar-refractivity contribution in [3.05, 3.63) is 0 Å². The van der Waals surface area contributed by atoms with Gasteiger partial charge in [0.1, 0.15) is 5.54 Å². The molecule has 2 aliphatic carbocycles. The standard InChI is InChI=1S/C13H22N2O3/c1-9-3-7-13(8-4-9,11(17)18)15-10(16)12(14)5-2-6-12/h9H,2-8,14H2,1H3,(H,15,16)(H,17,18). The van der Waals surface area contributed by atoms with Crippen molar-refractivity contribution in [2.24, 2.45) is 11.7 Å². The van der Waals surface area contributed by atoms with Crippen LogP contribution in [-0.2, 0) is 9.59 Å². The molecule has 0 heterocycles. The third-order valence-corrected chi connectivity index (χ3v) is 4.59. The third-order valence-electron chi connectivity index (χ3n) is 4.59. The fourth-order valence-corrected chi connectivity index (χ4v) is 2.77. The van der Waals surface area contributed by atoms with Crippen LogP contribution in [0.4, 0.5) is 0 Å². The molecule has 5 nitrogen and oxygen atoms in total. The SMILES string of the molecule is CC1CCC(NC(=O)C2(N)CCC2)(C(=O)O)CC1. The fraction of sp³-hybridized carbons (Fsp3) is 0.846. The van der Waals surface area contributed by atoms with Crippen LogP contribution >= 0.6 is 0 Å². The molecule has 2 saturated carbocycles. The number of nitrogens with one attached hydrogen (secondary N) is 1. The van der Waals surface area contributed by atoms with E-state index < -0.39 is 17.0 Å². The summed E-state index contributed by atoms with van der Waals surface area (Å²) in [6.45, 7) is 2.12. The molecule has 0 aromatic carbocycles. The Hall–Kier alpha value is -1.10. The second-order valence-electron chi connectivity index (χ2n) is 6.03. The first-order valence-corrected chi connectivity index (χ1v) is 6.73. The lowest BCUT2D eigenvalue weighted by Gasteiger charge is -2.42. The van der Waals surface area contributed by atoms with Gasteiger partial charge in [0.05, 0.1) is 5.54 Å². The zero-order chi connectivity index (χ0) is 13.4. The lowest BCUT2D eigenvalue weighted by Crippen LogP contribution is -2.66. The number of carboxylic acid groups (broad SMARTS) is 1. The van der Waals surface area contributed by atoms with E-state index in [1.54, 1.807) is 0 Å². The molecular formula is C13H22N2O3. The first-order valence-electron chi connectivity index (χ1n) is 6.73. The van der Waals surface area contributed by atoms with E-state index in [0.29, 0.717) is 31.6 Å². The molecule has 0 saturated heterocycles. The van der Waals surface area contributed by atoms with Gasteiger partial charge in [-0.2, -0.15) is 0 Å². The molecule has 0 radical (unpaired) electrons. The maximum Gasteiger partial charge on any atom is 0.329 e. The zero-order valence-corrected chi connectivity index (χ0v) is 10.9. The fourth-order valence-electron chi connectivity index (χ4n) is 2.77. The summed E-state index contributed by atoms with van der Waals surface area (Å²) in [6, 6.07) is 0. The molecule has 1 amide bonds. The van der Waals surface area contributed by atoms with Gasteiger partial charge in [-0.25, -0.2) is 4.79 Å². The van der Waals surface area contributed by atoms with Gasteiger partial charge in [-0.05, 0) is 50.9 Å². The lowest BCUT2D eigenvalue weighted by atomic mass is 9.73. The van der Waals surface area contributed by atoms with Crippen molar-refractivity contribution in [3.63, 3.8) is 0 Å². The molecule has 102 valence electrons. The van der Waals surface area contributed by atoms with Crippen molar-refractivity contribution >= 4 is 11.9 Å². The number of hydrogen-bond acceptors (Lipinski definition) is 3. The maximum atomic E-state index is 12.1. The van der Waals surface area contributed by atoms with Gasteiger partial charge >= 0.3 is 5.97 Å². The minimum absolute atomic E-state index is 0.286. The third kappa shape index (κ3) is 2.23. The van der Waals surface area contributed by atoms with Gasteiger partial charge in [0.2, 0.25) is 5.91 Å². The average molecular weight is 254 g/mol. The molecule has 5 heteroatoms. The van der Waals surface area contributed by atoms with Gasteiger partial charge in [0.25, 0.3) is 0 Å². The van der Waals surface area contributed by atoms with E-state index >= 15 is 0 Å². The van der Waals surface area contributed by atoms with Crippen molar-refractivity contribution in [2.75, 3.05) is 0 Å². The Kier molecular flexibility index (Phi) is 3.36. The van der Waals surface area contributed by atoms with Gasteiger partial charge in [-0.1, -0.05) is 6.92 Å². The van der Waals surface area contributed by atoms with E-state index in [9.17, 15) is 14.7 Å². The minimum atomic E-state index is -1.09. The molecule has 0 aromatic rings. The second-order valence-corrected chi connectivity index (χ2v) is 6.03. The van der Waals surface area contributed by atoms with Gasteiger partial charge in [-0.3, -0.25) is 4.79 Å². The van der Waals surface area contributed by atoms with Crippen molar-refractivity contribution in [3.8, 4) is 0 Å². The highest BCUT2D eigenvalue weighted by Crippen LogP contribution is 2.35. The number of aliphatic carboxylic acids is 1. The molecule has 0 unspecified atom stereocenters. The van der Waals surface area contributed by atoms with Crippen LogP contribution in [0, 0.1) is 5.92 Å². The van der Waals surface area contributed by atoms with Crippen molar-refractivity contribution in [1.29, 1.82) is 0 Å². The highest BCUT2D eigenvalue weighted by Gasteiger charge is 2.48. The van der Waals surface area contributed by atoms with Crippen LogP contribution in [0.2, 0.25) is 0 Å². The molecule has 0 aromatic heterocycles. The molecule has 2 aliphatic rings. The molecule has 0 spiro atoms. The summed E-state index contributed by atoms with van der Waals surface area (Å²) >= 11 is 0. The molecule has 0 bridgehead atoms. The molecule has 2 rings (SSSR count). The van der Waals surface area contributed by atoms with E-state index in [2.05, 4.69) is 12.2 Å². The molecule has 2 fully saturated rings. The lowest BCUT2D eigenvalue weighted by molar-refractivity contribution is -0.151. The van der Waals surface area contributed by atoms with E-state index in [4.69, 9.17) is 5.73 Å². The average Bonchev–Trinajstić information content (AvgIpc) is 2.29. The van der Waals surface area contributed by atoms with Crippen molar-refractivity contribution < 1.29 is 14.7 Å². The number of rotatable bonds is 3. The minimum Gasteiger partial charge on any atom is -0.480 e. The maximum absolute atomic E-state index is 12.1. The highest BCUT2D eigenvalue weighted by molar-refractivity contribution is 5.92. The Morgan fingerprint density at radius 1 is 1.22 bits per heavy atom. The normalized spacial score (nSPS) is 34.4. The smallest absolute Gasteiger partial charge is 0.329 e. The predicted molar refractivity (Wildman–Crippen MR) is 66.9 cm³/mol. The van der Waals surface area contributed by atoms with Gasteiger partial charge < -0.3 is 16.2 Å². The number of nitrogens with two attached hydrogens (primary N) is 1. The number of carboxylic acids is 1. The topological polar surface area (TPSA) is 92.4 Å². The first kappa shape index (κ1) is 13.3. The Balaban J connectivity index is 2.07. The summed E-state index contributed by atoms with van der Waals surface area (Å²) in [6.07, 6.45) is 4.95. The summed E-state index contributed by atoms with van der Waals surface area (Å²) in [5, 5.41) is 12.2. The van der Waals surface area contributed by atoms with Crippen LogP contribution in [0.3, 0.4) is 0 Å². The monoisotopic (exact) mass is 254 g/mol. The van der Waals surface area contributed by atoms with Crippen LogP contribution in [0.25, 0.3) is 0 Å². The molecule has 0 atom stereocenters. The van der Waals surface area contributed by atoms with Crippen LogP contribution in [0.1, 0.15) is 51.9 Å². The quantitative estimate of drug-likeness (QED) is 0.701. The van der Waals surface area contributed by atoms with Crippen LogP contribution in [0.15, 0.2) is 0 Å². The molecular weight excluding hydrogens is 232 g/mol. The van der Waals surface area contributed by atoms with Crippen LogP contribution in [0.5, 0.6) is 0 Å². The number of carbonyl (C=O) groups excluding carboxylic acids is 1. The number of hydrogen-bond donors (Lipinski definition) is 3. The summed E-state index contributed by atoms with van der Waals surface area (Å²) in [5.74, 6) is -0.679. The van der Waals surface area contributed by atoms with Crippen molar-refractivity contribution in [2.45, 2.75) is 62.9 Å². The van der Waals surface area contributed by atoms with Crippen LogP contribution in [-0.4, -0.2) is 28.1 Å². The van der Waals surface area contributed by atoms with E-state index in [1.807, 2.05) is 0 Å². The molecule has 18 heavy (non-hydrogen) atoms. The Labute approximate surface area is 107 Å². The van der Waals surface area contributed by atoms with E-state index in [-0.39, 0.29) is 5.91 Å². The van der Waals surface area contributed by atoms with E-state index in [0.717, 1.165) is 19.3 Å². The first-order chi connectivity index (χ1) is 8.38. The van der Waals surface area contributed by atoms with Crippen LogP contribution < -0.4 is 11.1 Å². The summed E-state index contributed by atoms with van der Waals surface area (Å²) in [5.41, 5.74) is 4.03. The van der Waals surface area contributed by atoms with Gasteiger partial charge in [0.15, 0.2) is 0 Å². The van der Waals surface area contributed by atoms with E-state index in [1.165, 1.54) is 0 Å². The Morgan fingerprint density at radius 3 is 2.17 bits per heavy atom. The highest BCUT2D eigenvalue weighted by atomic mass is 16.4. The predicted octanol–water partition coefficient (Wildman–Crippen LogP) is 1.02. The summed E-state index contributed by atoms with van der Waals surface area (Å²) < 4.78 is 0. The Morgan fingerprint density at radius 2 is 1.78 bits per heavy atom. The second kappa shape index (κ2) is 4.53. The largest absolute Gasteiger partial charge is 0.480 e. The molecule has 4 N–H and O–H groups in total. The van der Waals surface area contributed by atoms with Gasteiger partial charge in [-0.15, -0.1) is 0 Å². The number of amides is 1. The van der Waals surface area contributed by atoms with Gasteiger partial charge in [0, 0.05) is 0 Å². The Bertz CT molecular complexity index is 355.